The van der Waals surface area contributed by atoms with Crippen molar-refractivity contribution in [2.24, 2.45) is 0 Å². The molecule has 1 aliphatic rings. The fraction of sp³-hybridized carbons (Fsp3) is 0.278. The molecule has 1 heterocycles. The van der Waals surface area contributed by atoms with Crippen molar-refractivity contribution in [2.45, 2.75) is 12.0 Å². The first-order chi connectivity index (χ1) is 10.7. The van der Waals surface area contributed by atoms with E-state index in [2.05, 4.69) is 0 Å². The molecule has 4 heteroatoms. The van der Waals surface area contributed by atoms with E-state index < -0.39 is 12.1 Å². The van der Waals surface area contributed by atoms with Gasteiger partial charge in [0.05, 0.1) is 5.41 Å². The normalized spacial score (nSPS) is 16.0. The summed E-state index contributed by atoms with van der Waals surface area (Å²) in [4.78, 5) is 13.6. The van der Waals surface area contributed by atoms with Crippen molar-refractivity contribution in [2.75, 3.05) is 19.8 Å². The Labute approximate surface area is 129 Å². The van der Waals surface area contributed by atoms with Crippen molar-refractivity contribution < 1.29 is 13.9 Å². The summed E-state index contributed by atoms with van der Waals surface area (Å²) in [6, 6.07) is 19.0. The molecule has 1 saturated heterocycles. The van der Waals surface area contributed by atoms with Gasteiger partial charge in [-0.05, 0) is 11.1 Å². The highest BCUT2D eigenvalue weighted by atomic mass is 19.1. The standard InChI is InChI=1S/C18H18FNO2/c19-12-18(16-9-5-2-6-10-16)13-20(14-18)17(21)22-11-15-7-3-1-4-8-15/h1-10H,11-14H2. The third kappa shape index (κ3) is 2.82. The number of nitrogens with zero attached hydrogens (tertiary/aromatic N) is 1. The molecule has 3 rings (SSSR count). The fourth-order valence-electron chi connectivity index (χ4n) is 2.76. The molecule has 0 aromatic heterocycles. The Morgan fingerprint density at radius 2 is 1.64 bits per heavy atom. The third-order valence-electron chi connectivity index (χ3n) is 4.09. The Hall–Kier alpha value is -2.36. The van der Waals surface area contributed by atoms with Crippen LogP contribution in [0.1, 0.15) is 11.1 Å². The molecule has 0 aliphatic carbocycles. The van der Waals surface area contributed by atoms with Crippen molar-refractivity contribution in [3.8, 4) is 0 Å². The third-order valence-corrected chi connectivity index (χ3v) is 4.09. The second-order valence-electron chi connectivity index (χ2n) is 5.68. The number of alkyl halides is 1. The van der Waals surface area contributed by atoms with Gasteiger partial charge in [-0.1, -0.05) is 60.7 Å². The van der Waals surface area contributed by atoms with Gasteiger partial charge < -0.3 is 9.64 Å². The average Bonchev–Trinajstić information content (AvgIpc) is 2.54. The predicted octanol–water partition coefficient (Wildman–Crippen LogP) is 3.55. The van der Waals surface area contributed by atoms with Crippen LogP contribution in [0.5, 0.6) is 0 Å². The molecular weight excluding hydrogens is 281 g/mol. The Kier molecular flexibility index (Phi) is 4.09. The van der Waals surface area contributed by atoms with Gasteiger partial charge in [-0.3, -0.25) is 0 Å². The lowest BCUT2D eigenvalue weighted by Crippen LogP contribution is -2.62. The monoisotopic (exact) mass is 299 g/mol. The molecule has 0 radical (unpaired) electrons. The maximum Gasteiger partial charge on any atom is 0.410 e. The lowest BCUT2D eigenvalue weighted by atomic mass is 9.75. The van der Waals surface area contributed by atoms with Crippen LogP contribution in [-0.2, 0) is 16.8 Å². The number of amides is 1. The number of rotatable bonds is 4. The quantitative estimate of drug-likeness (QED) is 0.864. The summed E-state index contributed by atoms with van der Waals surface area (Å²) in [7, 11) is 0. The molecule has 1 aliphatic heterocycles. The molecular formula is C18H18FNO2. The van der Waals surface area contributed by atoms with Gasteiger partial charge in [0.15, 0.2) is 0 Å². The van der Waals surface area contributed by atoms with Crippen LogP contribution in [0.15, 0.2) is 60.7 Å². The summed E-state index contributed by atoms with van der Waals surface area (Å²) >= 11 is 0. The van der Waals surface area contributed by atoms with Crippen LogP contribution in [-0.4, -0.2) is 30.8 Å². The summed E-state index contributed by atoms with van der Waals surface area (Å²) in [6.07, 6.45) is -0.385. The van der Waals surface area contributed by atoms with E-state index in [0.717, 1.165) is 11.1 Å². The van der Waals surface area contributed by atoms with Gasteiger partial charge in [0.25, 0.3) is 0 Å². The molecule has 114 valence electrons. The SMILES string of the molecule is O=C(OCc1ccccc1)N1CC(CF)(c2ccccc2)C1. The first-order valence-electron chi connectivity index (χ1n) is 7.31. The number of carbonyl (C=O) groups excluding carboxylic acids is 1. The maximum atomic E-state index is 13.5. The number of ether oxygens (including phenoxy) is 1. The highest BCUT2D eigenvalue weighted by Crippen LogP contribution is 2.35. The number of hydrogen-bond donors (Lipinski definition) is 0. The molecule has 2 aromatic rings. The minimum absolute atomic E-state index is 0.240. The summed E-state index contributed by atoms with van der Waals surface area (Å²) in [5.41, 5.74) is 1.30. The molecule has 3 nitrogen and oxygen atoms in total. The van der Waals surface area contributed by atoms with Crippen LogP contribution >= 0.6 is 0 Å². The van der Waals surface area contributed by atoms with Gasteiger partial charge >= 0.3 is 6.09 Å². The molecule has 2 aromatic carbocycles. The second kappa shape index (κ2) is 6.18. The first-order valence-corrected chi connectivity index (χ1v) is 7.31. The number of hydrogen-bond acceptors (Lipinski definition) is 2. The zero-order valence-corrected chi connectivity index (χ0v) is 12.2. The van der Waals surface area contributed by atoms with Crippen molar-refractivity contribution in [3.63, 3.8) is 0 Å². The van der Waals surface area contributed by atoms with Gasteiger partial charge in [0, 0.05) is 13.1 Å². The van der Waals surface area contributed by atoms with Gasteiger partial charge in [-0.25, -0.2) is 9.18 Å². The van der Waals surface area contributed by atoms with E-state index in [1.165, 1.54) is 0 Å². The van der Waals surface area contributed by atoms with Crippen LogP contribution in [0.2, 0.25) is 0 Å². The summed E-state index contributed by atoms with van der Waals surface area (Å²) in [6.45, 7) is 0.492. The van der Waals surface area contributed by atoms with Crippen LogP contribution in [0, 0.1) is 0 Å². The molecule has 0 spiro atoms. The fourth-order valence-corrected chi connectivity index (χ4v) is 2.76. The van der Waals surface area contributed by atoms with E-state index in [-0.39, 0.29) is 12.7 Å². The Balaban J connectivity index is 1.57. The largest absolute Gasteiger partial charge is 0.445 e. The van der Waals surface area contributed by atoms with Crippen LogP contribution in [0.25, 0.3) is 0 Å². The molecule has 0 N–H and O–H groups in total. The Morgan fingerprint density at radius 3 is 2.23 bits per heavy atom. The summed E-state index contributed by atoms with van der Waals surface area (Å²) in [5, 5.41) is 0. The highest BCUT2D eigenvalue weighted by molar-refractivity contribution is 5.69. The van der Waals surface area contributed by atoms with E-state index in [0.29, 0.717) is 13.1 Å². The van der Waals surface area contributed by atoms with Gasteiger partial charge in [0.1, 0.15) is 13.3 Å². The van der Waals surface area contributed by atoms with Crippen LogP contribution in [0.3, 0.4) is 0 Å². The molecule has 1 fully saturated rings. The molecule has 0 saturated carbocycles. The van der Waals surface area contributed by atoms with Crippen LogP contribution < -0.4 is 0 Å². The van der Waals surface area contributed by atoms with Crippen molar-refractivity contribution in [1.29, 1.82) is 0 Å². The molecule has 22 heavy (non-hydrogen) atoms. The number of carbonyl (C=O) groups is 1. The van der Waals surface area contributed by atoms with Gasteiger partial charge in [-0.15, -0.1) is 0 Å². The summed E-state index contributed by atoms with van der Waals surface area (Å²) in [5.74, 6) is 0. The minimum Gasteiger partial charge on any atom is -0.445 e. The highest BCUT2D eigenvalue weighted by Gasteiger charge is 2.47. The second-order valence-corrected chi connectivity index (χ2v) is 5.68. The predicted molar refractivity (Wildman–Crippen MR) is 82.3 cm³/mol. The number of benzene rings is 2. The van der Waals surface area contributed by atoms with Gasteiger partial charge in [0.2, 0.25) is 0 Å². The lowest BCUT2D eigenvalue weighted by Gasteiger charge is -2.48. The number of halogens is 1. The van der Waals surface area contributed by atoms with Gasteiger partial charge in [-0.2, -0.15) is 0 Å². The molecule has 1 amide bonds. The molecule has 0 bridgehead atoms. The van der Waals surface area contributed by atoms with Crippen molar-refractivity contribution >= 4 is 6.09 Å². The minimum atomic E-state index is -0.576. The van der Waals surface area contributed by atoms with Crippen molar-refractivity contribution in [1.82, 2.24) is 4.90 Å². The lowest BCUT2D eigenvalue weighted by molar-refractivity contribution is 0.0235. The topological polar surface area (TPSA) is 29.5 Å². The first kappa shape index (κ1) is 14.6. The van der Waals surface area contributed by atoms with E-state index in [9.17, 15) is 9.18 Å². The van der Waals surface area contributed by atoms with E-state index in [1.807, 2.05) is 60.7 Å². The van der Waals surface area contributed by atoms with E-state index in [4.69, 9.17) is 4.74 Å². The zero-order valence-electron chi connectivity index (χ0n) is 12.2. The van der Waals surface area contributed by atoms with E-state index >= 15 is 0 Å². The molecule has 0 unspecified atom stereocenters. The maximum absolute atomic E-state index is 13.5. The average molecular weight is 299 g/mol. The Morgan fingerprint density at radius 1 is 1.05 bits per heavy atom. The number of likely N-dealkylation sites (tertiary alicyclic amines) is 1. The van der Waals surface area contributed by atoms with E-state index in [1.54, 1.807) is 4.90 Å². The Bertz CT molecular complexity index is 624. The van der Waals surface area contributed by atoms with Crippen molar-refractivity contribution in [3.05, 3.63) is 71.8 Å². The smallest absolute Gasteiger partial charge is 0.410 e. The summed E-state index contributed by atoms with van der Waals surface area (Å²) < 4.78 is 18.8. The van der Waals surface area contributed by atoms with Crippen LogP contribution in [0.4, 0.5) is 9.18 Å². The zero-order chi connectivity index (χ0) is 15.4. The molecule has 0 atom stereocenters.